The molecule has 0 saturated carbocycles. The first-order chi connectivity index (χ1) is 11.1. The molecular weight excluding hydrogens is 350 g/mol. The summed E-state index contributed by atoms with van der Waals surface area (Å²) >= 11 is 6.13. The Kier molecular flexibility index (Phi) is 5.78. The molecule has 1 saturated heterocycles. The standard InChI is InChI=1S/C16H24ClN3O3S/c1-12-5-6-14(11-15(12)17)20(24(4,22)23)13(2)16(21)19-9-7-18(3)8-10-19/h5-6,11,13H,7-10H2,1-4H3/t13-/m0/s1. The number of carbonyl (C=O) groups excluding carboxylic acids is 1. The molecule has 1 aliphatic rings. The number of hydrogen-bond acceptors (Lipinski definition) is 4. The third kappa shape index (κ3) is 4.20. The molecule has 1 aromatic carbocycles. The molecule has 1 fully saturated rings. The van der Waals surface area contributed by atoms with Gasteiger partial charge in [-0.1, -0.05) is 17.7 Å². The Labute approximate surface area is 149 Å². The van der Waals surface area contributed by atoms with Crippen LogP contribution in [0.15, 0.2) is 18.2 Å². The number of nitrogens with zero attached hydrogens (tertiary/aromatic N) is 3. The van der Waals surface area contributed by atoms with Crippen molar-refractivity contribution in [3.05, 3.63) is 28.8 Å². The van der Waals surface area contributed by atoms with Crippen LogP contribution in [-0.2, 0) is 14.8 Å². The minimum Gasteiger partial charge on any atom is -0.338 e. The van der Waals surface area contributed by atoms with E-state index in [9.17, 15) is 13.2 Å². The lowest BCUT2D eigenvalue weighted by Gasteiger charge is -2.37. The van der Waals surface area contributed by atoms with Gasteiger partial charge in [-0.3, -0.25) is 9.10 Å². The molecule has 8 heteroatoms. The number of halogens is 1. The number of piperazine rings is 1. The zero-order chi connectivity index (χ0) is 18.1. The van der Waals surface area contributed by atoms with Gasteiger partial charge in [-0.15, -0.1) is 0 Å². The van der Waals surface area contributed by atoms with E-state index >= 15 is 0 Å². The Bertz CT molecular complexity index is 715. The molecule has 1 amide bonds. The number of aryl methyl sites for hydroxylation is 1. The van der Waals surface area contributed by atoms with Crippen molar-refractivity contribution >= 4 is 33.2 Å². The van der Waals surface area contributed by atoms with Crippen molar-refractivity contribution in [1.82, 2.24) is 9.80 Å². The number of carbonyl (C=O) groups is 1. The molecule has 1 aromatic rings. The molecule has 0 unspecified atom stereocenters. The first kappa shape index (κ1) is 19.0. The quantitative estimate of drug-likeness (QED) is 0.803. The number of benzene rings is 1. The minimum absolute atomic E-state index is 0.190. The Morgan fingerprint density at radius 2 is 1.83 bits per heavy atom. The molecule has 6 nitrogen and oxygen atoms in total. The van der Waals surface area contributed by atoms with Crippen LogP contribution < -0.4 is 4.31 Å². The van der Waals surface area contributed by atoms with Gasteiger partial charge in [-0.05, 0) is 38.6 Å². The highest BCUT2D eigenvalue weighted by atomic mass is 35.5. The lowest BCUT2D eigenvalue weighted by Crippen LogP contribution is -2.54. The van der Waals surface area contributed by atoms with Crippen LogP contribution in [-0.4, -0.2) is 69.6 Å². The third-order valence-electron chi connectivity index (χ3n) is 4.29. The second-order valence-corrected chi connectivity index (χ2v) is 8.56. The van der Waals surface area contributed by atoms with Crippen molar-refractivity contribution in [3.8, 4) is 0 Å². The van der Waals surface area contributed by atoms with E-state index in [2.05, 4.69) is 4.90 Å². The Morgan fingerprint density at radius 1 is 1.25 bits per heavy atom. The monoisotopic (exact) mass is 373 g/mol. The van der Waals surface area contributed by atoms with Gasteiger partial charge in [-0.25, -0.2) is 8.42 Å². The molecule has 0 aromatic heterocycles. The van der Waals surface area contributed by atoms with Crippen molar-refractivity contribution in [2.75, 3.05) is 43.8 Å². The lowest BCUT2D eigenvalue weighted by atomic mass is 10.2. The van der Waals surface area contributed by atoms with Gasteiger partial charge in [0.1, 0.15) is 6.04 Å². The number of hydrogen-bond donors (Lipinski definition) is 0. The molecular formula is C16H24ClN3O3S. The first-order valence-corrected chi connectivity index (χ1v) is 10.1. The van der Waals surface area contributed by atoms with E-state index in [0.717, 1.165) is 29.2 Å². The third-order valence-corrected chi connectivity index (χ3v) is 5.94. The topological polar surface area (TPSA) is 60.9 Å². The van der Waals surface area contributed by atoms with Crippen LogP contribution in [0.3, 0.4) is 0 Å². The Hall–Kier alpha value is -1.31. The van der Waals surface area contributed by atoms with Gasteiger partial charge < -0.3 is 9.80 Å². The fourth-order valence-electron chi connectivity index (χ4n) is 2.81. The van der Waals surface area contributed by atoms with Gasteiger partial charge in [0.2, 0.25) is 15.9 Å². The molecule has 0 bridgehead atoms. The second kappa shape index (κ2) is 7.29. The summed E-state index contributed by atoms with van der Waals surface area (Å²) in [7, 11) is -1.62. The highest BCUT2D eigenvalue weighted by Crippen LogP contribution is 2.27. The zero-order valence-electron chi connectivity index (χ0n) is 14.5. The van der Waals surface area contributed by atoms with Crippen molar-refractivity contribution in [1.29, 1.82) is 0 Å². The summed E-state index contributed by atoms with van der Waals surface area (Å²) in [6.07, 6.45) is 1.11. The maximum atomic E-state index is 12.8. The maximum Gasteiger partial charge on any atom is 0.246 e. The number of likely N-dealkylation sites (N-methyl/N-ethyl adjacent to an activating group) is 1. The maximum absolute atomic E-state index is 12.8. The van der Waals surface area contributed by atoms with Crippen LogP contribution >= 0.6 is 11.6 Å². The van der Waals surface area contributed by atoms with Crippen molar-refractivity contribution in [2.45, 2.75) is 19.9 Å². The number of sulfonamides is 1. The van der Waals surface area contributed by atoms with Crippen LogP contribution in [0, 0.1) is 6.92 Å². The molecule has 1 heterocycles. The van der Waals surface area contributed by atoms with Crippen molar-refractivity contribution < 1.29 is 13.2 Å². The van der Waals surface area contributed by atoms with Gasteiger partial charge in [-0.2, -0.15) is 0 Å². The van der Waals surface area contributed by atoms with E-state index < -0.39 is 16.1 Å². The SMILES string of the molecule is Cc1ccc(N([C@@H](C)C(=O)N2CCN(C)CC2)S(C)(=O)=O)cc1Cl. The predicted octanol–water partition coefficient (Wildman–Crippen LogP) is 1.58. The molecule has 2 rings (SSSR count). The van der Waals surface area contributed by atoms with E-state index in [1.54, 1.807) is 30.0 Å². The normalized spacial score (nSPS) is 17.6. The van der Waals surface area contributed by atoms with Gasteiger partial charge in [0, 0.05) is 31.2 Å². The highest BCUT2D eigenvalue weighted by molar-refractivity contribution is 7.92. The fourth-order valence-corrected chi connectivity index (χ4v) is 4.15. The van der Waals surface area contributed by atoms with E-state index in [1.807, 2.05) is 14.0 Å². The molecule has 1 atom stereocenters. The number of rotatable bonds is 4. The van der Waals surface area contributed by atoms with E-state index in [4.69, 9.17) is 11.6 Å². The van der Waals surface area contributed by atoms with Gasteiger partial charge in [0.05, 0.1) is 11.9 Å². The van der Waals surface area contributed by atoms with Crippen molar-refractivity contribution in [2.24, 2.45) is 0 Å². The fraction of sp³-hybridized carbons (Fsp3) is 0.562. The summed E-state index contributed by atoms with van der Waals surface area (Å²) in [6, 6.07) is 4.20. The molecule has 0 spiro atoms. The Balaban J connectivity index is 2.30. The molecule has 1 aliphatic heterocycles. The van der Waals surface area contributed by atoms with Crippen LogP contribution in [0.4, 0.5) is 5.69 Å². The predicted molar refractivity (Wildman–Crippen MR) is 97.1 cm³/mol. The van der Waals surface area contributed by atoms with E-state index in [0.29, 0.717) is 23.8 Å². The van der Waals surface area contributed by atoms with E-state index in [-0.39, 0.29) is 5.91 Å². The smallest absolute Gasteiger partial charge is 0.246 e. The summed E-state index contributed by atoms with van der Waals surface area (Å²) < 4.78 is 25.8. The van der Waals surface area contributed by atoms with E-state index in [1.165, 1.54) is 0 Å². The number of anilines is 1. The molecule has 0 N–H and O–H groups in total. The van der Waals surface area contributed by atoms with Crippen LogP contribution in [0.25, 0.3) is 0 Å². The largest absolute Gasteiger partial charge is 0.338 e. The zero-order valence-corrected chi connectivity index (χ0v) is 16.1. The summed E-state index contributed by atoms with van der Waals surface area (Å²) in [6.45, 7) is 6.24. The first-order valence-electron chi connectivity index (χ1n) is 7.84. The molecule has 24 heavy (non-hydrogen) atoms. The summed E-state index contributed by atoms with van der Waals surface area (Å²) in [5.74, 6) is -0.190. The van der Waals surface area contributed by atoms with Crippen LogP contribution in [0.5, 0.6) is 0 Å². The molecule has 0 radical (unpaired) electrons. The highest BCUT2D eigenvalue weighted by Gasteiger charge is 2.33. The van der Waals surface area contributed by atoms with Gasteiger partial charge in [0.15, 0.2) is 0 Å². The van der Waals surface area contributed by atoms with Crippen molar-refractivity contribution in [3.63, 3.8) is 0 Å². The summed E-state index contributed by atoms with van der Waals surface area (Å²) in [4.78, 5) is 16.6. The van der Waals surface area contributed by atoms with Gasteiger partial charge in [0.25, 0.3) is 0 Å². The lowest BCUT2D eigenvalue weighted by molar-refractivity contribution is -0.133. The molecule has 0 aliphatic carbocycles. The minimum atomic E-state index is -3.62. The Morgan fingerprint density at radius 3 is 2.33 bits per heavy atom. The van der Waals surface area contributed by atoms with Crippen LogP contribution in [0.1, 0.15) is 12.5 Å². The second-order valence-electron chi connectivity index (χ2n) is 6.30. The number of amides is 1. The molecule has 134 valence electrons. The summed E-state index contributed by atoms with van der Waals surface area (Å²) in [5.41, 5.74) is 1.26. The average molecular weight is 374 g/mol. The average Bonchev–Trinajstić information content (AvgIpc) is 2.49. The summed E-state index contributed by atoms with van der Waals surface area (Å²) in [5, 5.41) is 0.473. The van der Waals surface area contributed by atoms with Gasteiger partial charge >= 0.3 is 0 Å². The van der Waals surface area contributed by atoms with Crippen LogP contribution in [0.2, 0.25) is 5.02 Å².